The molecule has 0 atom stereocenters. The number of nitrogens with zero attached hydrogens (tertiary/aromatic N) is 3. The largest absolute Gasteiger partial charge is 0.294 e. The van der Waals surface area contributed by atoms with Crippen LogP contribution in [-0.2, 0) is 6.42 Å². The van der Waals surface area contributed by atoms with Gasteiger partial charge in [-0.15, -0.1) is 11.3 Å². The second-order valence-corrected chi connectivity index (χ2v) is 3.88. The molecule has 0 aliphatic heterocycles. The van der Waals surface area contributed by atoms with Crippen LogP contribution >= 0.6 is 11.3 Å². The van der Waals surface area contributed by atoms with Gasteiger partial charge in [-0.2, -0.15) is 0 Å². The van der Waals surface area contributed by atoms with Gasteiger partial charge in [0.15, 0.2) is 4.96 Å². The van der Waals surface area contributed by atoms with Crippen LogP contribution < -0.4 is 0 Å². The maximum Gasteiger partial charge on any atom is 0.209 e. The van der Waals surface area contributed by atoms with E-state index in [1.807, 2.05) is 22.9 Å². The minimum Gasteiger partial charge on any atom is -0.294 e. The molecular weight excluding hydrogens is 202 g/mol. The summed E-state index contributed by atoms with van der Waals surface area (Å²) in [5.41, 5.74) is 1.83. The van der Waals surface area contributed by atoms with E-state index in [1.165, 1.54) is 11.3 Å². The summed E-state index contributed by atoms with van der Waals surface area (Å²) in [5, 5.41) is 12.2. The summed E-state index contributed by atoms with van der Waals surface area (Å²) in [7, 11) is 0. The Balaban J connectivity index is 2.34. The quantitative estimate of drug-likeness (QED) is 0.571. The fraction of sp³-hybridized carbons (Fsp3) is 0.375. The van der Waals surface area contributed by atoms with Crippen molar-refractivity contribution >= 4 is 16.3 Å². The van der Waals surface area contributed by atoms with Crippen molar-refractivity contribution in [3.8, 4) is 0 Å². The first kappa shape index (κ1) is 9.14. The summed E-state index contributed by atoms with van der Waals surface area (Å²) in [5.74, 6) is 0. The average Bonchev–Trinajstić information content (AvgIpc) is 2.61. The Hall–Kier alpha value is -1.43. The van der Waals surface area contributed by atoms with Crippen molar-refractivity contribution < 1.29 is 4.92 Å². The molecule has 0 amide bonds. The highest BCUT2D eigenvalue weighted by Crippen LogP contribution is 2.16. The standard InChI is InChI=1S/C8H9N3O2S/c1-6-7(2-3-11(12)13)10-4-5-14-8(10)9-6/h4-5H,2-3H2,1H3. The van der Waals surface area contributed by atoms with Gasteiger partial charge >= 0.3 is 0 Å². The van der Waals surface area contributed by atoms with E-state index < -0.39 is 0 Å². The fourth-order valence-electron chi connectivity index (χ4n) is 1.44. The molecule has 2 aromatic heterocycles. The van der Waals surface area contributed by atoms with Gasteiger partial charge in [0.25, 0.3) is 0 Å². The predicted octanol–water partition coefficient (Wildman–Crippen LogP) is 1.52. The molecule has 0 aliphatic carbocycles. The third kappa shape index (κ3) is 1.48. The maximum atomic E-state index is 10.3. The lowest BCUT2D eigenvalue weighted by molar-refractivity contribution is -0.479. The molecule has 2 rings (SSSR count). The molecule has 0 aliphatic rings. The first-order valence-corrected chi connectivity index (χ1v) is 5.09. The molecule has 0 bridgehead atoms. The van der Waals surface area contributed by atoms with Gasteiger partial charge in [0.2, 0.25) is 6.54 Å². The number of hydrogen-bond acceptors (Lipinski definition) is 4. The molecular formula is C8H9N3O2S. The molecule has 0 fully saturated rings. The van der Waals surface area contributed by atoms with Crippen molar-refractivity contribution in [2.24, 2.45) is 0 Å². The number of thiazole rings is 1. The minimum atomic E-state index is -0.300. The number of rotatable bonds is 3. The Morgan fingerprint density at radius 2 is 2.50 bits per heavy atom. The normalized spacial score (nSPS) is 10.9. The van der Waals surface area contributed by atoms with Crippen molar-refractivity contribution in [2.45, 2.75) is 13.3 Å². The minimum absolute atomic E-state index is 0.0372. The number of aromatic nitrogens is 2. The first-order valence-electron chi connectivity index (χ1n) is 4.21. The summed E-state index contributed by atoms with van der Waals surface area (Å²) >= 11 is 1.54. The Morgan fingerprint density at radius 1 is 1.71 bits per heavy atom. The van der Waals surface area contributed by atoms with Gasteiger partial charge in [-0.3, -0.25) is 14.5 Å². The van der Waals surface area contributed by atoms with Crippen molar-refractivity contribution in [2.75, 3.05) is 6.54 Å². The highest BCUT2D eigenvalue weighted by atomic mass is 32.1. The number of nitro groups is 1. The molecule has 6 heteroatoms. The fourth-order valence-corrected chi connectivity index (χ4v) is 2.22. The predicted molar refractivity (Wildman–Crippen MR) is 53.4 cm³/mol. The molecule has 0 N–H and O–H groups in total. The van der Waals surface area contributed by atoms with Crippen molar-refractivity contribution in [3.05, 3.63) is 33.1 Å². The highest BCUT2D eigenvalue weighted by Gasteiger charge is 2.11. The van der Waals surface area contributed by atoms with Crippen molar-refractivity contribution in [1.82, 2.24) is 9.38 Å². The summed E-state index contributed by atoms with van der Waals surface area (Å²) in [4.78, 5) is 15.2. The molecule has 2 aromatic rings. The Morgan fingerprint density at radius 3 is 3.21 bits per heavy atom. The smallest absolute Gasteiger partial charge is 0.209 e. The van der Waals surface area contributed by atoms with Crippen molar-refractivity contribution in [3.63, 3.8) is 0 Å². The molecule has 14 heavy (non-hydrogen) atoms. The lowest BCUT2D eigenvalue weighted by Gasteiger charge is -1.96. The lowest BCUT2D eigenvalue weighted by atomic mass is 10.2. The van der Waals surface area contributed by atoms with E-state index in [-0.39, 0.29) is 11.5 Å². The van der Waals surface area contributed by atoms with Crippen LogP contribution in [0.3, 0.4) is 0 Å². The second kappa shape index (κ2) is 3.38. The molecule has 0 saturated carbocycles. The Bertz CT molecular complexity index is 474. The van der Waals surface area contributed by atoms with Crippen LogP contribution in [-0.4, -0.2) is 20.9 Å². The number of aryl methyl sites for hydroxylation is 1. The topological polar surface area (TPSA) is 60.4 Å². The van der Waals surface area contributed by atoms with Gasteiger partial charge in [-0.25, -0.2) is 4.98 Å². The average molecular weight is 211 g/mol. The van der Waals surface area contributed by atoms with Gasteiger partial charge in [-0.1, -0.05) is 0 Å². The SMILES string of the molecule is Cc1nc2sccn2c1CC[N+](=O)[O-]. The molecule has 0 unspecified atom stereocenters. The van der Waals surface area contributed by atoms with E-state index in [0.717, 1.165) is 16.3 Å². The van der Waals surface area contributed by atoms with Crippen LogP contribution in [0.15, 0.2) is 11.6 Å². The highest BCUT2D eigenvalue weighted by molar-refractivity contribution is 7.15. The van der Waals surface area contributed by atoms with Crippen LogP contribution in [0, 0.1) is 17.0 Å². The van der Waals surface area contributed by atoms with E-state index in [0.29, 0.717) is 6.42 Å². The van der Waals surface area contributed by atoms with Crippen molar-refractivity contribution in [1.29, 1.82) is 0 Å². The van der Waals surface area contributed by atoms with Gasteiger partial charge in [0.1, 0.15) is 0 Å². The lowest BCUT2D eigenvalue weighted by Crippen LogP contribution is -2.06. The van der Waals surface area contributed by atoms with Crippen LogP contribution in [0.2, 0.25) is 0 Å². The second-order valence-electron chi connectivity index (χ2n) is 3.01. The van der Waals surface area contributed by atoms with Gasteiger partial charge in [0, 0.05) is 16.5 Å². The molecule has 0 saturated heterocycles. The van der Waals surface area contributed by atoms with Crippen LogP contribution in [0.5, 0.6) is 0 Å². The molecule has 5 nitrogen and oxygen atoms in total. The van der Waals surface area contributed by atoms with E-state index in [4.69, 9.17) is 0 Å². The molecule has 74 valence electrons. The zero-order chi connectivity index (χ0) is 10.1. The molecule has 2 heterocycles. The van der Waals surface area contributed by atoms with Gasteiger partial charge < -0.3 is 0 Å². The third-order valence-corrected chi connectivity index (χ3v) is 2.85. The first-order chi connectivity index (χ1) is 6.68. The zero-order valence-corrected chi connectivity index (χ0v) is 8.45. The summed E-state index contributed by atoms with van der Waals surface area (Å²) in [6.07, 6.45) is 2.34. The molecule has 0 spiro atoms. The van der Waals surface area contributed by atoms with E-state index in [9.17, 15) is 10.1 Å². The monoisotopic (exact) mass is 211 g/mol. The van der Waals surface area contributed by atoms with Crippen LogP contribution in [0.4, 0.5) is 0 Å². The number of fused-ring (bicyclic) bond motifs is 1. The summed E-state index contributed by atoms with van der Waals surface area (Å²) in [6.45, 7) is 1.85. The number of hydrogen-bond donors (Lipinski definition) is 0. The van der Waals surface area contributed by atoms with E-state index >= 15 is 0 Å². The van der Waals surface area contributed by atoms with Gasteiger partial charge in [-0.05, 0) is 6.92 Å². The van der Waals surface area contributed by atoms with Crippen LogP contribution in [0.25, 0.3) is 4.96 Å². The van der Waals surface area contributed by atoms with E-state index in [2.05, 4.69) is 4.98 Å². The van der Waals surface area contributed by atoms with Gasteiger partial charge in [0.05, 0.1) is 17.8 Å². The zero-order valence-electron chi connectivity index (χ0n) is 7.64. The summed E-state index contributed by atoms with van der Waals surface area (Å²) < 4.78 is 1.92. The van der Waals surface area contributed by atoms with E-state index in [1.54, 1.807) is 0 Å². The van der Waals surface area contributed by atoms with Crippen LogP contribution in [0.1, 0.15) is 11.4 Å². The third-order valence-electron chi connectivity index (χ3n) is 2.09. The molecule has 0 radical (unpaired) electrons. The molecule has 0 aromatic carbocycles. The maximum absolute atomic E-state index is 10.3. The summed E-state index contributed by atoms with van der Waals surface area (Å²) in [6, 6.07) is 0. The number of imidazole rings is 1. The Labute approximate surface area is 84.2 Å². The Kier molecular flexibility index (Phi) is 2.20.